The molecule has 0 atom stereocenters. The topological polar surface area (TPSA) is 58.6 Å². The molecule has 5 nitrogen and oxygen atoms in total. The summed E-state index contributed by atoms with van der Waals surface area (Å²) in [5.74, 6) is 0.281. The highest BCUT2D eigenvalue weighted by molar-refractivity contribution is 6.35. The van der Waals surface area contributed by atoms with Crippen molar-refractivity contribution in [2.75, 3.05) is 23.9 Å². The van der Waals surface area contributed by atoms with E-state index in [2.05, 4.69) is 5.32 Å². The van der Waals surface area contributed by atoms with Crippen molar-refractivity contribution in [3.63, 3.8) is 0 Å². The predicted molar refractivity (Wildman–Crippen MR) is 101 cm³/mol. The molecule has 1 N–H and O–H groups in total. The molecule has 2 aromatic rings. The molecule has 0 aliphatic rings. The molecule has 0 fully saturated rings. The van der Waals surface area contributed by atoms with E-state index in [1.807, 2.05) is 0 Å². The van der Waals surface area contributed by atoms with Gasteiger partial charge in [0.2, 0.25) is 11.8 Å². The van der Waals surface area contributed by atoms with Gasteiger partial charge in [-0.3, -0.25) is 9.59 Å². The van der Waals surface area contributed by atoms with E-state index in [9.17, 15) is 9.59 Å². The molecule has 7 heteroatoms. The Bertz CT molecular complexity index is 763. The van der Waals surface area contributed by atoms with Gasteiger partial charge < -0.3 is 15.0 Å². The lowest BCUT2D eigenvalue weighted by Gasteiger charge is -2.21. The molecular formula is C18H18Cl2N2O3. The second-order valence-corrected chi connectivity index (χ2v) is 6.13. The van der Waals surface area contributed by atoms with Crippen molar-refractivity contribution < 1.29 is 14.3 Å². The second-order valence-electron chi connectivity index (χ2n) is 5.29. The van der Waals surface area contributed by atoms with Crippen molar-refractivity contribution in [2.45, 2.75) is 13.3 Å². The molecule has 0 radical (unpaired) electrons. The van der Waals surface area contributed by atoms with Crippen LogP contribution in [-0.4, -0.2) is 25.5 Å². The molecule has 132 valence electrons. The van der Waals surface area contributed by atoms with Crippen LogP contribution >= 0.6 is 23.2 Å². The normalized spacial score (nSPS) is 10.2. The Morgan fingerprint density at radius 2 is 1.80 bits per heavy atom. The summed E-state index contributed by atoms with van der Waals surface area (Å²) in [7, 11) is 1.57. The van der Waals surface area contributed by atoms with Crippen molar-refractivity contribution in [1.82, 2.24) is 0 Å². The number of carbonyl (C=O) groups is 2. The quantitative estimate of drug-likeness (QED) is 0.808. The molecule has 0 saturated carbocycles. The average molecular weight is 381 g/mol. The first-order valence-corrected chi connectivity index (χ1v) is 8.33. The highest BCUT2D eigenvalue weighted by atomic mass is 35.5. The van der Waals surface area contributed by atoms with Crippen molar-refractivity contribution in [3.8, 4) is 5.75 Å². The number of hydrogen-bond acceptors (Lipinski definition) is 3. The summed E-state index contributed by atoms with van der Waals surface area (Å²) in [6, 6.07) is 11.9. The van der Waals surface area contributed by atoms with E-state index in [0.717, 1.165) is 0 Å². The van der Waals surface area contributed by atoms with Crippen LogP contribution in [0.3, 0.4) is 0 Å². The van der Waals surface area contributed by atoms with Gasteiger partial charge in [0, 0.05) is 30.6 Å². The molecule has 0 bridgehead atoms. The third-order valence-corrected chi connectivity index (χ3v) is 4.09. The summed E-state index contributed by atoms with van der Waals surface area (Å²) in [5.41, 5.74) is 1.14. The Hall–Kier alpha value is -2.24. The Balaban J connectivity index is 2.01. The second kappa shape index (κ2) is 8.74. The van der Waals surface area contributed by atoms with Gasteiger partial charge in [0.15, 0.2) is 0 Å². The summed E-state index contributed by atoms with van der Waals surface area (Å²) < 4.78 is 5.10. The molecule has 0 aliphatic heterocycles. The van der Waals surface area contributed by atoms with Crippen LogP contribution in [0.1, 0.15) is 13.3 Å². The van der Waals surface area contributed by atoms with Crippen LogP contribution in [0, 0.1) is 0 Å². The Morgan fingerprint density at radius 1 is 1.12 bits per heavy atom. The number of methoxy groups -OCH3 is 1. The van der Waals surface area contributed by atoms with Crippen LogP contribution < -0.4 is 15.0 Å². The molecule has 25 heavy (non-hydrogen) atoms. The maximum atomic E-state index is 12.2. The third-order valence-electron chi connectivity index (χ3n) is 3.53. The van der Waals surface area contributed by atoms with E-state index in [0.29, 0.717) is 27.2 Å². The van der Waals surface area contributed by atoms with Crippen LogP contribution in [0.2, 0.25) is 10.0 Å². The lowest BCUT2D eigenvalue weighted by atomic mass is 10.2. The van der Waals surface area contributed by atoms with Crippen LogP contribution in [0.5, 0.6) is 5.75 Å². The van der Waals surface area contributed by atoms with Gasteiger partial charge in [0.1, 0.15) is 5.75 Å². The molecule has 0 unspecified atom stereocenters. The smallest absolute Gasteiger partial charge is 0.226 e. The number of nitrogens with one attached hydrogen (secondary N) is 1. The molecule has 2 aromatic carbocycles. The number of benzene rings is 2. The van der Waals surface area contributed by atoms with E-state index in [-0.39, 0.29) is 24.8 Å². The van der Waals surface area contributed by atoms with Gasteiger partial charge in [-0.25, -0.2) is 0 Å². The van der Waals surface area contributed by atoms with E-state index in [4.69, 9.17) is 27.9 Å². The van der Waals surface area contributed by atoms with Crippen molar-refractivity contribution in [2.24, 2.45) is 0 Å². The highest BCUT2D eigenvalue weighted by Crippen LogP contribution is 2.25. The molecule has 0 spiro atoms. The lowest BCUT2D eigenvalue weighted by molar-refractivity contribution is -0.117. The van der Waals surface area contributed by atoms with Gasteiger partial charge in [-0.15, -0.1) is 0 Å². The Kier molecular flexibility index (Phi) is 6.67. The number of nitrogens with zero attached hydrogens (tertiary/aromatic N) is 1. The fraction of sp³-hybridized carbons (Fsp3) is 0.222. The SMILES string of the molecule is COc1ccc(N(CCC(=O)Nc2cc(Cl)ccc2Cl)C(C)=O)cc1. The average Bonchev–Trinajstić information content (AvgIpc) is 2.58. The summed E-state index contributed by atoms with van der Waals surface area (Å²) in [6.07, 6.45) is 0.119. The van der Waals surface area contributed by atoms with Crippen molar-refractivity contribution >= 4 is 46.4 Å². The first kappa shape index (κ1) is 19.1. The molecule has 0 aromatic heterocycles. The van der Waals surface area contributed by atoms with Crippen LogP contribution in [0.25, 0.3) is 0 Å². The van der Waals surface area contributed by atoms with E-state index in [1.165, 1.54) is 11.8 Å². The van der Waals surface area contributed by atoms with Gasteiger partial charge in [-0.2, -0.15) is 0 Å². The number of rotatable bonds is 6. The number of carbonyl (C=O) groups excluding carboxylic acids is 2. The standard InChI is InChI=1S/C18H18Cl2N2O3/c1-12(23)22(14-4-6-15(25-2)7-5-14)10-9-18(24)21-17-11-13(19)3-8-16(17)20/h3-8,11H,9-10H2,1-2H3,(H,21,24). The molecule has 0 saturated heterocycles. The summed E-state index contributed by atoms with van der Waals surface area (Å²) in [4.78, 5) is 25.6. The summed E-state index contributed by atoms with van der Waals surface area (Å²) in [6.45, 7) is 1.70. The zero-order valence-corrected chi connectivity index (χ0v) is 15.4. The van der Waals surface area contributed by atoms with Crippen LogP contribution in [-0.2, 0) is 9.59 Å². The monoisotopic (exact) mass is 380 g/mol. The minimum atomic E-state index is -0.260. The first-order chi connectivity index (χ1) is 11.9. The number of hydrogen-bond donors (Lipinski definition) is 1. The molecule has 2 amide bonds. The van der Waals surface area contributed by atoms with Gasteiger partial charge in [-0.1, -0.05) is 23.2 Å². The molecule has 0 heterocycles. The number of amides is 2. The minimum Gasteiger partial charge on any atom is -0.497 e. The van der Waals surface area contributed by atoms with E-state index < -0.39 is 0 Å². The van der Waals surface area contributed by atoms with Crippen LogP contribution in [0.15, 0.2) is 42.5 Å². The first-order valence-electron chi connectivity index (χ1n) is 7.57. The Labute approximate surface area is 156 Å². The lowest BCUT2D eigenvalue weighted by Crippen LogP contribution is -2.31. The third kappa shape index (κ3) is 5.37. The largest absolute Gasteiger partial charge is 0.497 e. The van der Waals surface area contributed by atoms with E-state index >= 15 is 0 Å². The predicted octanol–water partition coefficient (Wildman–Crippen LogP) is 4.38. The van der Waals surface area contributed by atoms with E-state index in [1.54, 1.807) is 49.6 Å². The number of ether oxygens (including phenoxy) is 1. The van der Waals surface area contributed by atoms with Gasteiger partial charge in [-0.05, 0) is 42.5 Å². The zero-order valence-electron chi connectivity index (χ0n) is 13.9. The van der Waals surface area contributed by atoms with Gasteiger partial charge in [0.25, 0.3) is 0 Å². The van der Waals surface area contributed by atoms with Crippen LogP contribution in [0.4, 0.5) is 11.4 Å². The zero-order chi connectivity index (χ0) is 18.4. The number of halogens is 2. The Morgan fingerprint density at radius 3 is 2.40 bits per heavy atom. The fourth-order valence-electron chi connectivity index (χ4n) is 2.25. The summed E-state index contributed by atoms with van der Waals surface area (Å²) >= 11 is 11.9. The maximum absolute atomic E-state index is 12.2. The van der Waals surface area contributed by atoms with Crippen molar-refractivity contribution in [1.29, 1.82) is 0 Å². The highest BCUT2D eigenvalue weighted by Gasteiger charge is 2.14. The van der Waals surface area contributed by atoms with Gasteiger partial charge >= 0.3 is 0 Å². The van der Waals surface area contributed by atoms with Gasteiger partial charge in [0.05, 0.1) is 17.8 Å². The molecular weight excluding hydrogens is 363 g/mol. The maximum Gasteiger partial charge on any atom is 0.226 e. The fourth-order valence-corrected chi connectivity index (χ4v) is 2.59. The minimum absolute atomic E-state index is 0.119. The van der Waals surface area contributed by atoms with Crippen molar-refractivity contribution in [3.05, 3.63) is 52.5 Å². The molecule has 0 aliphatic carbocycles. The molecule has 2 rings (SSSR count). The summed E-state index contributed by atoms with van der Waals surface area (Å²) in [5, 5.41) is 3.58. The number of anilines is 2.